The fraction of sp³-hybridized carbons (Fsp3) is 0.320. The van der Waals surface area contributed by atoms with E-state index in [0.29, 0.717) is 11.3 Å². The third-order valence-electron chi connectivity index (χ3n) is 5.92. The molecule has 0 bridgehead atoms. The summed E-state index contributed by atoms with van der Waals surface area (Å²) < 4.78 is 38.9. The van der Waals surface area contributed by atoms with Gasteiger partial charge in [-0.1, -0.05) is 12.1 Å². The monoisotopic (exact) mass is 499 g/mol. The third kappa shape index (κ3) is 6.42. The highest BCUT2D eigenvalue weighted by molar-refractivity contribution is 6.10. The second-order valence-electron chi connectivity index (χ2n) is 8.75. The molecule has 0 saturated carbocycles. The van der Waals surface area contributed by atoms with Crippen LogP contribution in [0.4, 0.5) is 23.7 Å². The normalized spacial score (nSPS) is 17.6. The number of likely N-dealkylation sites (tertiary alicyclic amines) is 1. The van der Waals surface area contributed by atoms with Crippen LogP contribution in [0.5, 0.6) is 0 Å². The van der Waals surface area contributed by atoms with Gasteiger partial charge >= 0.3 is 12.2 Å². The van der Waals surface area contributed by atoms with Crippen molar-refractivity contribution in [3.63, 3.8) is 0 Å². The summed E-state index contributed by atoms with van der Waals surface area (Å²) in [4.78, 5) is 23.3. The summed E-state index contributed by atoms with van der Waals surface area (Å²) in [5.74, 6) is 0. The molecule has 1 unspecified atom stereocenters. The molecule has 0 spiro atoms. The van der Waals surface area contributed by atoms with Gasteiger partial charge in [0, 0.05) is 42.0 Å². The van der Waals surface area contributed by atoms with E-state index in [0.717, 1.165) is 48.3 Å². The molecular weight excluding hydrogens is 471 g/mol. The second-order valence-corrected chi connectivity index (χ2v) is 8.75. The number of nitrogens with zero attached hydrogens (tertiary/aromatic N) is 4. The number of anilines is 1. The highest BCUT2D eigenvalue weighted by Crippen LogP contribution is 2.25. The van der Waals surface area contributed by atoms with Crippen molar-refractivity contribution < 1.29 is 18.0 Å². The molecule has 2 aromatic heterocycles. The number of allylic oxidation sites excluding steroid dienone is 1. The zero-order chi connectivity index (χ0) is 25.7. The fourth-order valence-electron chi connectivity index (χ4n) is 4.15. The summed E-state index contributed by atoms with van der Waals surface area (Å²) in [6.07, 6.45) is 4.61. The number of imidazole rings is 1. The van der Waals surface area contributed by atoms with Gasteiger partial charge in [0.05, 0.1) is 17.9 Å². The van der Waals surface area contributed by atoms with Gasteiger partial charge in [0.25, 0.3) is 0 Å². The number of pyridine rings is 1. The van der Waals surface area contributed by atoms with Gasteiger partial charge in [-0.25, -0.2) is 9.78 Å². The van der Waals surface area contributed by atoms with E-state index in [1.165, 1.54) is 6.20 Å². The predicted octanol–water partition coefficient (Wildman–Crippen LogP) is 4.15. The molecule has 1 aliphatic heterocycles. The van der Waals surface area contributed by atoms with Crippen LogP contribution in [0.25, 0.3) is 22.5 Å². The van der Waals surface area contributed by atoms with Gasteiger partial charge < -0.3 is 21.3 Å². The van der Waals surface area contributed by atoms with Crippen molar-refractivity contribution in [1.82, 2.24) is 19.6 Å². The van der Waals surface area contributed by atoms with Crippen LogP contribution in [0.2, 0.25) is 0 Å². The van der Waals surface area contributed by atoms with E-state index < -0.39 is 18.8 Å². The van der Waals surface area contributed by atoms with E-state index in [4.69, 9.17) is 10.7 Å². The lowest BCUT2D eigenvalue weighted by Gasteiger charge is -2.27. The predicted molar refractivity (Wildman–Crippen MR) is 135 cm³/mol. The number of rotatable bonds is 6. The molecule has 11 heteroatoms. The van der Waals surface area contributed by atoms with Crippen molar-refractivity contribution in [1.29, 1.82) is 0 Å². The number of aromatic nitrogens is 2. The smallest absolute Gasteiger partial charge is 0.404 e. The van der Waals surface area contributed by atoms with Gasteiger partial charge in [0.2, 0.25) is 0 Å². The molecule has 1 fully saturated rings. The number of urea groups is 1. The van der Waals surface area contributed by atoms with Crippen LogP contribution in [0.15, 0.2) is 60.0 Å². The van der Waals surface area contributed by atoms with E-state index in [9.17, 15) is 18.0 Å². The highest BCUT2D eigenvalue weighted by atomic mass is 19.4. The summed E-state index contributed by atoms with van der Waals surface area (Å²) in [6.45, 7) is 0.611. The number of amides is 2. The Morgan fingerprint density at radius 3 is 2.89 bits per heavy atom. The van der Waals surface area contributed by atoms with E-state index in [1.807, 2.05) is 35.0 Å². The average Bonchev–Trinajstić information content (AvgIpc) is 3.26. The molecule has 36 heavy (non-hydrogen) atoms. The zero-order valence-electron chi connectivity index (χ0n) is 19.8. The Labute approximate surface area is 206 Å². The SMILES string of the molecule is CN1CCCC(N=CC(=CN)c2ccn3c(-c4cccc(NC(=O)NCC(F)(F)F)c4)cnc3c2)C1. The van der Waals surface area contributed by atoms with Crippen LogP contribution in [-0.2, 0) is 0 Å². The number of likely N-dealkylation sites (N-methyl/N-ethyl adjacent to an activating group) is 1. The van der Waals surface area contributed by atoms with Crippen LogP contribution in [-0.4, -0.2) is 65.4 Å². The maximum absolute atomic E-state index is 12.3. The van der Waals surface area contributed by atoms with Crippen LogP contribution in [0.1, 0.15) is 18.4 Å². The second kappa shape index (κ2) is 10.8. The lowest BCUT2D eigenvalue weighted by Crippen LogP contribution is -2.36. The minimum Gasteiger partial charge on any atom is -0.404 e. The number of aliphatic imine (C=N–C) groups is 1. The minimum atomic E-state index is -4.48. The molecule has 2 amide bonds. The summed E-state index contributed by atoms with van der Waals surface area (Å²) in [6, 6.07) is 9.94. The molecule has 1 atom stereocenters. The topological polar surface area (TPSA) is 100 Å². The number of hydrogen-bond donors (Lipinski definition) is 3. The van der Waals surface area contributed by atoms with Crippen molar-refractivity contribution in [3.05, 3.63) is 60.6 Å². The maximum atomic E-state index is 12.3. The first-order valence-electron chi connectivity index (χ1n) is 11.5. The lowest BCUT2D eigenvalue weighted by atomic mass is 10.1. The minimum absolute atomic E-state index is 0.247. The van der Waals surface area contributed by atoms with Crippen molar-refractivity contribution in [3.8, 4) is 11.3 Å². The first kappa shape index (κ1) is 25.2. The Morgan fingerprint density at radius 2 is 2.14 bits per heavy atom. The molecule has 190 valence electrons. The molecule has 0 aliphatic carbocycles. The number of nitrogens with two attached hydrogens (primary N) is 1. The van der Waals surface area contributed by atoms with E-state index in [2.05, 4.69) is 22.2 Å². The van der Waals surface area contributed by atoms with Crippen molar-refractivity contribution in [2.75, 3.05) is 32.0 Å². The van der Waals surface area contributed by atoms with Gasteiger partial charge in [-0.3, -0.25) is 9.39 Å². The fourth-order valence-corrected chi connectivity index (χ4v) is 4.15. The lowest BCUT2D eigenvalue weighted by molar-refractivity contribution is -0.122. The maximum Gasteiger partial charge on any atom is 0.405 e. The standard InChI is InChI=1S/C25H28F3N7O/c1-34-8-3-6-21(15-34)30-13-19(12-29)17-7-9-35-22(14-31-23(35)11-17)18-4-2-5-20(10-18)33-24(36)32-16-25(26,27)28/h2,4-5,7,9-14,21H,3,6,8,15-16,29H2,1H3,(H2,32,33,36). The number of carbonyl (C=O) groups excluding carboxylic acids is 1. The highest BCUT2D eigenvalue weighted by Gasteiger charge is 2.27. The number of fused-ring (bicyclic) bond motifs is 1. The Kier molecular flexibility index (Phi) is 7.58. The largest absolute Gasteiger partial charge is 0.405 e. The van der Waals surface area contributed by atoms with Crippen LogP contribution >= 0.6 is 0 Å². The zero-order valence-corrected chi connectivity index (χ0v) is 19.8. The van der Waals surface area contributed by atoms with Crippen LogP contribution < -0.4 is 16.4 Å². The molecule has 1 aliphatic rings. The Hall–Kier alpha value is -3.86. The summed E-state index contributed by atoms with van der Waals surface area (Å²) in [7, 11) is 2.10. The molecule has 3 heterocycles. The van der Waals surface area contributed by atoms with E-state index in [-0.39, 0.29) is 6.04 Å². The first-order chi connectivity index (χ1) is 17.2. The summed E-state index contributed by atoms with van der Waals surface area (Å²) in [5, 5.41) is 4.21. The molecule has 3 aromatic rings. The van der Waals surface area contributed by atoms with Crippen molar-refractivity contribution in [2.24, 2.45) is 10.7 Å². The van der Waals surface area contributed by atoms with Gasteiger partial charge in [-0.05, 0) is 56.3 Å². The number of carbonyl (C=O) groups is 1. The molecule has 8 nitrogen and oxygen atoms in total. The molecule has 4 rings (SSSR count). The molecule has 0 radical (unpaired) electrons. The van der Waals surface area contributed by atoms with Crippen molar-refractivity contribution >= 4 is 29.2 Å². The average molecular weight is 500 g/mol. The summed E-state index contributed by atoms with van der Waals surface area (Å²) >= 11 is 0. The van der Waals surface area contributed by atoms with Crippen LogP contribution in [0.3, 0.4) is 0 Å². The van der Waals surface area contributed by atoms with Gasteiger partial charge in [-0.15, -0.1) is 0 Å². The Bertz CT molecular complexity index is 1280. The Balaban J connectivity index is 1.50. The number of hydrogen-bond acceptors (Lipinski definition) is 5. The van der Waals surface area contributed by atoms with Crippen molar-refractivity contribution in [2.45, 2.75) is 25.1 Å². The van der Waals surface area contributed by atoms with Gasteiger partial charge in [0.1, 0.15) is 12.2 Å². The molecular formula is C25H28F3N7O. The van der Waals surface area contributed by atoms with Gasteiger partial charge in [-0.2, -0.15) is 13.2 Å². The molecule has 1 saturated heterocycles. The first-order valence-corrected chi connectivity index (χ1v) is 11.5. The number of halogens is 3. The number of nitrogens with one attached hydrogen (secondary N) is 2. The van der Waals surface area contributed by atoms with E-state index in [1.54, 1.807) is 29.7 Å². The molecule has 4 N–H and O–H groups in total. The quantitative estimate of drug-likeness (QED) is 0.444. The number of piperidine rings is 1. The summed E-state index contributed by atoms with van der Waals surface area (Å²) in [5.41, 5.74) is 10.1. The van der Waals surface area contributed by atoms with E-state index >= 15 is 0 Å². The van der Waals surface area contributed by atoms with Gasteiger partial charge in [0.15, 0.2) is 0 Å². The number of benzene rings is 1. The molecule has 1 aromatic carbocycles. The third-order valence-corrected chi connectivity index (χ3v) is 5.92. The van der Waals surface area contributed by atoms with Crippen LogP contribution in [0, 0.1) is 0 Å². The Morgan fingerprint density at radius 1 is 1.31 bits per heavy atom. The number of alkyl halides is 3.